The molecule has 0 N–H and O–H groups in total. The molecular weight excluding hydrogens is 348 g/mol. The lowest BCUT2D eigenvalue weighted by Gasteiger charge is -2.10. The van der Waals surface area contributed by atoms with Crippen molar-refractivity contribution in [2.45, 2.75) is 52.9 Å². The SMILES string of the molecule is CCCCCCc1c(C)c2cc3c(-c4ccccc4)coc3c(C)c2oc1=O. The molecule has 4 aromatic rings. The molecule has 0 bridgehead atoms. The quantitative estimate of drug-likeness (QED) is 0.271. The predicted octanol–water partition coefficient (Wildman–Crippen LogP) is 6.95. The lowest BCUT2D eigenvalue weighted by atomic mass is 9.96. The van der Waals surface area contributed by atoms with E-state index in [2.05, 4.69) is 25.1 Å². The van der Waals surface area contributed by atoms with Crippen molar-refractivity contribution in [2.75, 3.05) is 0 Å². The van der Waals surface area contributed by atoms with E-state index >= 15 is 0 Å². The van der Waals surface area contributed by atoms with Gasteiger partial charge in [-0.3, -0.25) is 0 Å². The molecule has 0 saturated heterocycles. The fourth-order valence-corrected chi connectivity index (χ4v) is 4.06. The summed E-state index contributed by atoms with van der Waals surface area (Å²) in [5.74, 6) is 0. The lowest BCUT2D eigenvalue weighted by molar-refractivity contribution is 0.539. The third-order valence-electron chi connectivity index (χ3n) is 5.71. The van der Waals surface area contributed by atoms with Crippen LogP contribution in [-0.2, 0) is 6.42 Å². The summed E-state index contributed by atoms with van der Waals surface area (Å²) in [6, 6.07) is 12.4. The molecule has 3 nitrogen and oxygen atoms in total. The van der Waals surface area contributed by atoms with Crippen LogP contribution in [0.4, 0.5) is 0 Å². The zero-order valence-corrected chi connectivity index (χ0v) is 16.8. The number of fused-ring (bicyclic) bond motifs is 2. The summed E-state index contributed by atoms with van der Waals surface area (Å²) in [7, 11) is 0. The zero-order valence-electron chi connectivity index (χ0n) is 16.8. The molecule has 0 spiro atoms. The number of unbranched alkanes of at least 4 members (excludes halogenated alkanes) is 3. The van der Waals surface area contributed by atoms with Crippen molar-refractivity contribution in [3.63, 3.8) is 0 Å². The van der Waals surface area contributed by atoms with Gasteiger partial charge in [0, 0.05) is 27.5 Å². The highest BCUT2D eigenvalue weighted by molar-refractivity contribution is 6.04. The van der Waals surface area contributed by atoms with Crippen molar-refractivity contribution in [2.24, 2.45) is 0 Å². The molecule has 2 heterocycles. The second-order valence-corrected chi connectivity index (χ2v) is 7.57. The number of hydrogen-bond acceptors (Lipinski definition) is 3. The van der Waals surface area contributed by atoms with E-state index in [1.54, 1.807) is 6.26 Å². The number of aryl methyl sites for hydroxylation is 2. The number of benzene rings is 2. The maximum absolute atomic E-state index is 12.6. The van der Waals surface area contributed by atoms with Crippen LogP contribution in [0.3, 0.4) is 0 Å². The molecular formula is C25H26O3. The molecule has 0 amide bonds. The first kappa shape index (κ1) is 18.5. The van der Waals surface area contributed by atoms with E-state index in [0.29, 0.717) is 5.58 Å². The standard InChI is InChI=1S/C25H26O3/c1-4-5-6-10-13-19-16(2)20-14-21-22(18-11-8-7-9-12-18)15-27-23(21)17(3)24(20)28-25(19)26/h7-9,11-12,14-15H,4-6,10,13H2,1-3H3. The van der Waals surface area contributed by atoms with Crippen molar-refractivity contribution >= 4 is 21.9 Å². The highest BCUT2D eigenvalue weighted by Crippen LogP contribution is 2.37. The molecule has 0 aliphatic rings. The van der Waals surface area contributed by atoms with Crippen molar-refractivity contribution in [3.05, 3.63) is 69.8 Å². The Balaban J connectivity index is 1.89. The second kappa shape index (κ2) is 7.67. The van der Waals surface area contributed by atoms with E-state index < -0.39 is 0 Å². The van der Waals surface area contributed by atoms with Gasteiger partial charge < -0.3 is 8.83 Å². The van der Waals surface area contributed by atoms with Crippen LogP contribution in [0.15, 0.2) is 56.3 Å². The van der Waals surface area contributed by atoms with Crippen LogP contribution in [0.1, 0.15) is 49.3 Å². The Bertz CT molecular complexity index is 1180. The van der Waals surface area contributed by atoms with E-state index in [4.69, 9.17) is 8.83 Å². The summed E-state index contributed by atoms with van der Waals surface area (Å²) in [5, 5.41) is 2.07. The van der Waals surface area contributed by atoms with E-state index in [1.807, 2.05) is 32.0 Å². The van der Waals surface area contributed by atoms with E-state index in [-0.39, 0.29) is 5.63 Å². The number of furan rings is 1. The molecule has 144 valence electrons. The van der Waals surface area contributed by atoms with E-state index in [0.717, 1.165) is 63.4 Å². The maximum Gasteiger partial charge on any atom is 0.339 e. The van der Waals surface area contributed by atoms with Crippen molar-refractivity contribution in [3.8, 4) is 11.1 Å². The molecule has 0 fully saturated rings. The summed E-state index contributed by atoms with van der Waals surface area (Å²) in [6.45, 7) is 6.20. The molecule has 2 aromatic carbocycles. The minimum atomic E-state index is -0.209. The van der Waals surface area contributed by atoms with Crippen LogP contribution < -0.4 is 5.63 Å². The van der Waals surface area contributed by atoms with Gasteiger partial charge >= 0.3 is 5.63 Å². The third kappa shape index (κ3) is 3.15. The smallest absolute Gasteiger partial charge is 0.339 e. The highest BCUT2D eigenvalue weighted by atomic mass is 16.4. The Hall–Kier alpha value is -2.81. The summed E-state index contributed by atoms with van der Waals surface area (Å²) in [6.07, 6.45) is 7.13. The highest BCUT2D eigenvalue weighted by Gasteiger charge is 2.18. The van der Waals surface area contributed by atoms with Crippen LogP contribution in [0, 0.1) is 13.8 Å². The minimum absolute atomic E-state index is 0.209. The van der Waals surface area contributed by atoms with Crippen LogP contribution in [-0.4, -0.2) is 0 Å². The van der Waals surface area contributed by atoms with E-state index in [1.165, 1.54) is 12.8 Å². The molecule has 28 heavy (non-hydrogen) atoms. The first-order valence-electron chi connectivity index (χ1n) is 10.1. The second-order valence-electron chi connectivity index (χ2n) is 7.57. The summed E-state index contributed by atoms with van der Waals surface area (Å²) in [4.78, 5) is 12.6. The Morgan fingerprint density at radius 1 is 0.893 bits per heavy atom. The predicted molar refractivity (Wildman–Crippen MR) is 115 cm³/mol. The van der Waals surface area contributed by atoms with Crippen molar-refractivity contribution in [1.29, 1.82) is 0 Å². The van der Waals surface area contributed by atoms with Gasteiger partial charge in [-0.25, -0.2) is 4.79 Å². The van der Waals surface area contributed by atoms with Crippen LogP contribution in [0.5, 0.6) is 0 Å². The van der Waals surface area contributed by atoms with Gasteiger partial charge in [-0.15, -0.1) is 0 Å². The summed E-state index contributed by atoms with van der Waals surface area (Å²) < 4.78 is 11.7. The van der Waals surface area contributed by atoms with Crippen molar-refractivity contribution < 1.29 is 8.83 Å². The minimum Gasteiger partial charge on any atom is -0.463 e. The fraction of sp³-hybridized carbons (Fsp3) is 0.320. The largest absolute Gasteiger partial charge is 0.463 e. The average Bonchev–Trinajstić information content (AvgIpc) is 3.13. The van der Waals surface area contributed by atoms with E-state index in [9.17, 15) is 4.79 Å². The van der Waals surface area contributed by atoms with Crippen LogP contribution >= 0.6 is 0 Å². The van der Waals surface area contributed by atoms with Gasteiger partial charge in [-0.05, 0) is 43.9 Å². The summed E-state index contributed by atoms with van der Waals surface area (Å²) >= 11 is 0. The first-order chi connectivity index (χ1) is 13.6. The molecule has 0 radical (unpaired) electrons. The Morgan fingerprint density at radius 2 is 1.68 bits per heavy atom. The molecule has 0 atom stereocenters. The fourth-order valence-electron chi connectivity index (χ4n) is 4.06. The lowest BCUT2D eigenvalue weighted by Crippen LogP contribution is -2.10. The molecule has 0 aliphatic carbocycles. The Morgan fingerprint density at radius 3 is 2.43 bits per heavy atom. The molecule has 0 aliphatic heterocycles. The van der Waals surface area contributed by atoms with Gasteiger partial charge in [-0.2, -0.15) is 0 Å². The molecule has 3 heteroatoms. The normalized spacial score (nSPS) is 11.5. The van der Waals surface area contributed by atoms with Gasteiger partial charge in [-0.1, -0.05) is 56.5 Å². The van der Waals surface area contributed by atoms with Crippen LogP contribution in [0.2, 0.25) is 0 Å². The monoisotopic (exact) mass is 374 g/mol. The zero-order chi connectivity index (χ0) is 19.7. The van der Waals surface area contributed by atoms with Crippen molar-refractivity contribution in [1.82, 2.24) is 0 Å². The first-order valence-corrected chi connectivity index (χ1v) is 10.1. The Labute approximate surface area is 165 Å². The van der Waals surface area contributed by atoms with Gasteiger partial charge in [0.15, 0.2) is 0 Å². The van der Waals surface area contributed by atoms with Gasteiger partial charge in [0.2, 0.25) is 0 Å². The number of rotatable bonds is 6. The maximum atomic E-state index is 12.6. The average molecular weight is 374 g/mol. The van der Waals surface area contributed by atoms with Gasteiger partial charge in [0.25, 0.3) is 0 Å². The summed E-state index contributed by atoms with van der Waals surface area (Å²) in [5.41, 5.74) is 6.13. The topological polar surface area (TPSA) is 43.4 Å². The Kier molecular flexibility index (Phi) is 5.08. The molecule has 0 unspecified atom stereocenters. The van der Waals surface area contributed by atoms with Gasteiger partial charge in [0.05, 0.1) is 6.26 Å². The molecule has 0 saturated carbocycles. The molecule has 2 aromatic heterocycles. The number of hydrogen-bond donors (Lipinski definition) is 0. The van der Waals surface area contributed by atoms with Gasteiger partial charge in [0.1, 0.15) is 11.2 Å². The van der Waals surface area contributed by atoms with Crippen LogP contribution in [0.25, 0.3) is 33.1 Å². The third-order valence-corrected chi connectivity index (χ3v) is 5.71. The molecule has 4 rings (SSSR count).